The SMILES string of the molecule is Cc1nccc(-c2nc3c(s2)CCCC3O)n1. The molecule has 0 radical (unpaired) electrons. The average Bonchev–Trinajstić information content (AvgIpc) is 2.74. The summed E-state index contributed by atoms with van der Waals surface area (Å²) in [7, 11) is 0. The molecule has 1 aliphatic carbocycles. The van der Waals surface area contributed by atoms with E-state index in [1.807, 2.05) is 13.0 Å². The van der Waals surface area contributed by atoms with Crippen LogP contribution in [0.1, 0.15) is 35.3 Å². The molecule has 1 atom stereocenters. The van der Waals surface area contributed by atoms with Gasteiger partial charge in [0.25, 0.3) is 0 Å². The van der Waals surface area contributed by atoms with E-state index in [-0.39, 0.29) is 0 Å². The van der Waals surface area contributed by atoms with E-state index >= 15 is 0 Å². The van der Waals surface area contributed by atoms with Gasteiger partial charge in [0.05, 0.1) is 11.8 Å². The van der Waals surface area contributed by atoms with Gasteiger partial charge in [-0.3, -0.25) is 0 Å². The van der Waals surface area contributed by atoms with Gasteiger partial charge in [-0.15, -0.1) is 11.3 Å². The zero-order valence-electron chi connectivity index (χ0n) is 9.55. The molecule has 1 unspecified atom stereocenters. The van der Waals surface area contributed by atoms with Crippen molar-refractivity contribution in [1.82, 2.24) is 15.0 Å². The van der Waals surface area contributed by atoms with Crippen molar-refractivity contribution in [2.24, 2.45) is 0 Å². The Morgan fingerprint density at radius 1 is 1.41 bits per heavy atom. The molecule has 88 valence electrons. The number of rotatable bonds is 1. The maximum Gasteiger partial charge on any atom is 0.142 e. The number of nitrogens with zero attached hydrogens (tertiary/aromatic N) is 3. The van der Waals surface area contributed by atoms with E-state index in [0.717, 1.165) is 41.5 Å². The van der Waals surface area contributed by atoms with Crippen molar-refractivity contribution < 1.29 is 5.11 Å². The Bertz CT molecular complexity index is 552. The van der Waals surface area contributed by atoms with Crippen molar-refractivity contribution in [2.45, 2.75) is 32.3 Å². The first-order valence-corrected chi connectivity index (χ1v) is 6.53. The molecule has 0 amide bonds. The molecule has 2 aromatic heterocycles. The van der Waals surface area contributed by atoms with Gasteiger partial charge in [0.1, 0.15) is 16.5 Å². The summed E-state index contributed by atoms with van der Waals surface area (Å²) in [6, 6.07) is 1.86. The standard InChI is InChI=1S/C12H13N3OS/c1-7-13-6-5-8(14-7)12-15-11-9(16)3-2-4-10(11)17-12/h5-6,9,16H,2-4H2,1H3. The summed E-state index contributed by atoms with van der Waals surface area (Å²) in [5.41, 5.74) is 1.71. The topological polar surface area (TPSA) is 58.9 Å². The van der Waals surface area contributed by atoms with E-state index < -0.39 is 6.10 Å². The Balaban J connectivity index is 2.05. The van der Waals surface area contributed by atoms with Gasteiger partial charge in [-0.2, -0.15) is 0 Å². The Hall–Kier alpha value is -1.33. The van der Waals surface area contributed by atoms with Crippen LogP contribution in [0, 0.1) is 6.92 Å². The molecule has 5 heteroatoms. The van der Waals surface area contributed by atoms with Crippen LogP contribution in [0.4, 0.5) is 0 Å². The molecule has 2 aromatic rings. The maximum absolute atomic E-state index is 9.89. The largest absolute Gasteiger partial charge is 0.387 e. The predicted octanol–water partition coefficient (Wildman–Crippen LogP) is 2.28. The van der Waals surface area contributed by atoms with Crippen LogP contribution in [0.2, 0.25) is 0 Å². The lowest BCUT2D eigenvalue weighted by atomic mass is 10.0. The molecule has 0 fully saturated rings. The Morgan fingerprint density at radius 2 is 2.29 bits per heavy atom. The highest BCUT2D eigenvalue weighted by Gasteiger charge is 2.23. The highest BCUT2D eigenvalue weighted by Crippen LogP contribution is 2.36. The third-order valence-electron chi connectivity index (χ3n) is 2.92. The zero-order chi connectivity index (χ0) is 11.8. The summed E-state index contributed by atoms with van der Waals surface area (Å²) in [6.45, 7) is 1.87. The smallest absolute Gasteiger partial charge is 0.142 e. The van der Waals surface area contributed by atoms with Crippen molar-refractivity contribution >= 4 is 11.3 Å². The van der Waals surface area contributed by atoms with Gasteiger partial charge in [-0.05, 0) is 32.3 Å². The average molecular weight is 247 g/mol. The number of hydrogen-bond donors (Lipinski definition) is 1. The van der Waals surface area contributed by atoms with Crippen molar-refractivity contribution in [1.29, 1.82) is 0 Å². The number of aliphatic hydroxyl groups is 1. The first kappa shape index (κ1) is 10.8. The number of thiazole rings is 1. The fourth-order valence-electron chi connectivity index (χ4n) is 2.08. The summed E-state index contributed by atoms with van der Waals surface area (Å²) in [5.74, 6) is 0.747. The lowest BCUT2D eigenvalue weighted by molar-refractivity contribution is 0.153. The first-order valence-electron chi connectivity index (χ1n) is 5.72. The summed E-state index contributed by atoms with van der Waals surface area (Å²) in [6.07, 6.45) is 4.23. The van der Waals surface area contributed by atoms with Crippen molar-refractivity contribution in [3.05, 3.63) is 28.7 Å². The summed E-state index contributed by atoms with van der Waals surface area (Å²) < 4.78 is 0. The normalized spacial score (nSPS) is 19.1. The number of fused-ring (bicyclic) bond motifs is 1. The fraction of sp³-hybridized carbons (Fsp3) is 0.417. The second-order valence-electron chi connectivity index (χ2n) is 4.22. The molecule has 0 aliphatic heterocycles. The third kappa shape index (κ3) is 1.96. The quantitative estimate of drug-likeness (QED) is 0.840. The van der Waals surface area contributed by atoms with E-state index in [4.69, 9.17) is 0 Å². The van der Waals surface area contributed by atoms with Crippen LogP contribution in [0.15, 0.2) is 12.3 Å². The molecule has 2 heterocycles. The molecule has 0 saturated heterocycles. The Labute approximate surface area is 103 Å². The molecular formula is C12H13N3OS. The van der Waals surface area contributed by atoms with Crippen LogP contribution < -0.4 is 0 Å². The zero-order valence-corrected chi connectivity index (χ0v) is 10.4. The van der Waals surface area contributed by atoms with Gasteiger partial charge in [0, 0.05) is 11.1 Å². The van der Waals surface area contributed by atoms with Crippen LogP contribution in [0.5, 0.6) is 0 Å². The monoisotopic (exact) mass is 247 g/mol. The van der Waals surface area contributed by atoms with Crippen LogP contribution in [0.25, 0.3) is 10.7 Å². The molecule has 1 N–H and O–H groups in total. The number of aliphatic hydroxyl groups excluding tert-OH is 1. The molecule has 0 saturated carbocycles. The lowest BCUT2D eigenvalue weighted by Gasteiger charge is -2.14. The van der Waals surface area contributed by atoms with Gasteiger partial charge in [0.2, 0.25) is 0 Å². The van der Waals surface area contributed by atoms with Gasteiger partial charge >= 0.3 is 0 Å². The number of aromatic nitrogens is 3. The summed E-state index contributed by atoms with van der Waals surface area (Å²) >= 11 is 1.64. The molecular weight excluding hydrogens is 234 g/mol. The van der Waals surface area contributed by atoms with Crippen molar-refractivity contribution in [3.8, 4) is 10.7 Å². The highest BCUT2D eigenvalue weighted by molar-refractivity contribution is 7.15. The third-order valence-corrected chi connectivity index (χ3v) is 4.07. The summed E-state index contributed by atoms with van der Waals surface area (Å²) in [4.78, 5) is 14.2. The van der Waals surface area contributed by atoms with E-state index in [0.29, 0.717) is 0 Å². The van der Waals surface area contributed by atoms with E-state index in [2.05, 4.69) is 15.0 Å². The second kappa shape index (κ2) is 4.16. The molecule has 4 nitrogen and oxygen atoms in total. The van der Waals surface area contributed by atoms with E-state index in [1.54, 1.807) is 17.5 Å². The van der Waals surface area contributed by atoms with Gasteiger partial charge in [-0.25, -0.2) is 15.0 Å². The predicted molar refractivity (Wildman–Crippen MR) is 65.8 cm³/mol. The van der Waals surface area contributed by atoms with Gasteiger partial charge in [-0.1, -0.05) is 0 Å². The minimum absolute atomic E-state index is 0.397. The lowest BCUT2D eigenvalue weighted by Crippen LogP contribution is -2.07. The molecule has 0 bridgehead atoms. The molecule has 0 spiro atoms. The van der Waals surface area contributed by atoms with E-state index in [9.17, 15) is 5.11 Å². The Kier molecular flexibility index (Phi) is 2.64. The van der Waals surface area contributed by atoms with Crippen molar-refractivity contribution in [2.75, 3.05) is 0 Å². The second-order valence-corrected chi connectivity index (χ2v) is 5.31. The van der Waals surface area contributed by atoms with Crippen LogP contribution in [0.3, 0.4) is 0 Å². The first-order chi connectivity index (χ1) is 8.24. The van der Waals surface area contributed by atoms with Crippen molar-refractivity contribution in [3.63, 3.8) is 0 Å². The Morgan fingerprint density at radius 3 is 3.06 bits per heavy atom. The van der Waals surface area contributed by atoms with Gasteiger partial charge in [0.15, 0.2) is 0 Å². The number of hydrogen-bond acceptors (Lipinski definition) is 5. The molecule has 3 rings (SSSR count). The minimum atomic E-state index is -0.397. The highest BCUT2D eigenvalue weighted by atomic mass is 32.1. The summed E-state index contributed by atoms with van der Waals surface area (Å²) in [5, 5.41) is 10.8. The van der Waals surface area contributed by atoms with Crippen LogP contribution in [-0.4, -0.2) is 20.1 Å². The van der Waals surface area contributed by atoms with Crippen LogP contribution in [-0.2, 0) is 6.42 Å². The molecule has 0 aromatic carbocycles. The number of aryl methyl sites for hydroxylation is 2. The van der Waals surface area contributed by atoms with Crippen LogP contribution >= 0.6 is 11.3 Å². The van der Waals surface area contributed by atoms with Gasteiger partial charge < -0.3 is 5.11 Å². The molecule has 17 heavy (non-hydrogen) atoms. The molecule has 1 aliphatic rings. The fourth-order valence-corrected chi connectivity index (χ4v) is 3.21. The minimum Gasteiger partial charge on any atom is -0.387 e. The van der Waals surface area contributed by atoms with E-state index in [1.165, 1.54) is 4.88 Å². The maximum atomic E-state index is 9.89.